The van der Waals surface area contributed by atoms with Gasteiger partial charge in [0, 0.05) is 23.3 Å². The van der Waals surface area contributed by atoms with Crippen molar-refractivity contribution in [2.45, 2.75) is 13.5 Å². The lowest BCUT2D eigenvalue weighted by Crippen LogP contribution is -2.28. The molecule has 0 radical (unpaired) electrons. The molecule has 0 aliphatic carbocycles. The van der Waals surface area contributed by atoms with E-state index in [0.29, 0.717) is 22.1 Å². The summed E-state index contributed by atoms with van der Waals surface area (Å²) in [4.78, 5) is 40.4. The molecule has 0 aliphatic heterocycles. The second-order valence-electron chi connectivity index (χ2n) is 6.64. The first-order valence-electron chi connectivity index (χ1n) is 9.15. The van der Waals surface area contributed by atoms with Crippen molar-refractivity contribution in [2.75, 3.05) is 10.6 Å². The number of anilines is 2. The van der Waals surface area contributed by atoms with Crippen LogP contribution in [0.3, 0.4) is 0 Å². The molecule has 0 unspecified atom stereocenters. The summed E-state index contributed by atoms with van der Waals surface area (Å²) in [5, 5.41) is 13.7. The molecule has 4 aromatic rings. The van der Waals surface area contributed by atoms with Gasteiger partial charge in [-0.05, 0) is 42.5 Å². The fourth-order valence-corrected chi connectivity index (χ4v) is 3.12. The van der Waals surface area contributed by atoms with Crippen LogP contribution in [0, 0.1) is 0 Å². The van der Waals surface area contributed by atoms with Crippen LogP contribution in [0.2, 0.25) is 5.02 Å². The van der Waals surface area contributed by atoms with Crippen LogP contribution >= 0.6 is 11.6 Å². The minimum atomic E-state index is -0.491. The highest BCUT2D eigenvalue weighted by molar-refractivity contribution is 6.30. The predicted molar refractivity (Wildman–Crippen MR) is 115 cm³/mol. The quantitative estimate of drug-likeness (QED) is 0.493. The maximum absolute atomic E-state index is 12.7. The van der Waals surface area contributed by atoms with E-state index in [4.69, 9.17) is 11.6 Å². The smallest absolute Gasteiger partial charge is 0.284 e. The van der Waals surface area contributed by atoms with Gasteiger partial charge in [-0.1, -0.05) is 22.9 Å². The van der Waals surface area contributed by atoms with Gasteiger partial charge >= 0.3 is 0 Å². The molecule has 2 N–H and O–H groups in total. The number of hydrogen-bond donors (Lipinski definition) is 2. The van der Waals surface area contributed by atoms with E-state index in [-0.39, 0.29) is 23.6 Å². The third-order valence-electron chi connectivity index (χ3n) is 4.29. The van der Waals surface area contributed by atoms with Gasteiger partial charge in [0.05, 0.1) is 5.69 Å². The van der Waals surface area contributed by atoms with E-state index in [2.05, 4.69) is 25.9 Å². The normalized spacial score (nSPS) is 10.8. The number of benzene rings is 2. The molecule has 2 heterocycles. The number of nitrogens with one attached hydrogen (secondary N) is 2. The molecule has 0 bridgehead atoms. The van der Waals surface area contributed by atoms with Crippen molar-refractivity contribution < 1.29 is 9.59 Å². The Kier molecular flexibility index (Phi) is 5.46. The summed E-state index contributed by atoms with van der Waals surface area (Å²) < 4.78 is 2.56. The third kappa shape index (κ3) is 4.43. The fourth-order valence-electron chi connectivity index (χ4n) is 2.93. The summed E-state index contributed by atoms with van der Waals surface area (Å²) in [6.45, 7) is 1.16. The van der Waals surface area contributed by atoms with Gasteiger partial charge in [-0.3, -0.25) is 19.0 Å². The largest absolute Gasteiger partial charge is 0.326 e. The topological polar surface area (TPSA) is 124 Å². The average Bonchev–Trinajstić information content (AvgIpc) is 3.16. The second-order valence-corrected chi connectivity index (χ2v) is 7.07. The Labute approximate surface area is 180 Å². The Bertz CT molecular complexity index is 1350. The van der Waals surface area contributed by atoms with E-state index in [1.54, 1.807) is 48.5 Å². The van der Waals surface area contributed by atoms with Crippen molar-refractivity contribution >= 4 is 46.0 Å². The second kappa shape index (κ2) is 8.36. The van der Waals surface area contributed by atoms with Crippen LogP contribution in [0.5, 0.6) is 0 Å². The SMILES string of the molecule is CC(=O)Nc1ccc(NC(=O)Cn2cnc3c(nnn3-c3cccc(Cl)c3)c2=O)cc1. The maximum Gasteiger partial charge on any atom is 0.284 e. The predicted octanol–water partition coefficient (Wildman–Crippen LogP) is 2.23. The van der Waals surface area contributed by atoms with Gasteiger partial charge in [0.15, 0.2) is 11.2 Å². The number of aromatic nitrogens is 5. The van der Waals surface area contributed by atoms with Crippen molar-refractivity contribution in [3.05, 3.63) is 70.2 Å². The molecular weight excluding hydrogens is 422 g/mol. The molecule has 0 spiro atoms. The van der Waals surface area contributed by atoms with E-state index in [1.807, 2.05) is 0 Å². The molecule has 31 heavy (non-hydrogen) atoms. The zero-order chi connectivity index (χ0) is 22.0. The Balaban J connectivity index is 1.52. The summed E-state index contributed by atoms with van der Waals surface area (Å²) in [5.41, 5.74) is 1.55. The van der Waals surface area contributed by atoms with Crippen molar-refractivity contribution in [1.29, 1.82) is 0 Å². The van der Waals surface area contributed by atoms with Crippen LogP contribution in [0.1, 0.15) is 6.92 Å². The molecule has 0 aliphatic rings. The summed E-state index contributed by atoms with van der Waals surface area (Å²) >= 11 is 6.01. The Morgan fingerprint density at radius 1 is 1.06 bits per heavy atom. The standard InChI is InChI=1S/C20H16ClN7O3/c1-12(29)23-14-5-7-15(8-6-14)24-17(30)10-27-11-22-19-18(20(27)31)25-26-28(19)16-4-2-3-13(21)9-16/h2-9,11H,10H2,1H3,(H,23,29)(H,24,30). The van der Waals surface area contributed by atoms with Gasteiger partial charge in [-0.25, -0.2) is 4.98 Å². The van der Waals surface area contributed by atoms with Crippen LogP contribution in [0.4, 0.5) is 11.4 Å². The first-order chi connectivity index (χ1) is 14.9. The van der Waals surface area contributed by atoms with Crippen molar-refractivity contribution in [3.8, 4) is 5.69 Å². The highest BCUT2D eigenvalue weighted by Gasteiger charge is 2.15. The van der Waals surface area contributed by atoms with Gasteiger partial charge in [0.2, 0.25) is 11.8 Å². The summed E-state index contributed by atoms with van der Waals surface area (Å²) in [6.07, 6.45) is 1.27. The van der Waals surface area contributed by atoms with E-state index >= 15 is 0 Å². The van der Waals surface area contributed by atoms with Gasteiger partial charge < -0.3 is 10.6 Å². The molecule has 4 rings (SSSR count). The lowest BCUT2D eigenvalue weighted by atomic mass is 10.2. The number of hydrogen-bond acceptors (Lipinski definition) is 6. The Morgan fingerprint density at radius 3 is 2.45 bits per heavy atom. The van der Waals surface area contributed by atoms with Crippen molar-refractivity contribution in [1.82, 2.24) is 24.5 Å². The van der Waals surface area contributed by atoms with Crippen molar-refractivity contribution in [2.24, 2.45) is 0 Å². The molecule has 156 valence electrons. The number of halogens is 1. The molecule has 10 nitrogen and oxygen atoms in total. The molecular formula is C20H16ClN7O3. The van der Waals surface area contributed by atoms with Crippen LogP contribution in [-0.2, 0) is 16.1 Å². The lowest BCUT2D eigenvalue weighted by Gasteiger charge is -2.08. The molecule has 0 saturated heterocycles. The number of amides is 2. The molecule has 0 fully saturated rings. The highest BCUT2D eigenvalue weighted by atomic mass is 35.5. The fraction of sp³-hybridized carbons (Fsp3) is 0.100. The minimum absolute atomic E-state index is 0.0370. The van der Waals surface area contributed by atoms with E-state index < -0.39 is 11.5 Å². The average molecular weight is 438 g/mol. The summed E-state index contributed by atoms with van der Waals surface area (Å²) in [6, 6.07) is 13.5. The molecule has 2 aromatic heterocycles. The van der Waals surface area contributed by atoms with Crippen molar-refractivity contribution in [3.63, 3.8) is 0 Å². The third-order valence-corrected chi connectivity index (χ3v) is 4.52. The minimum Gasteiger partial charge on any atom is -0.326 e. The van der Waals surface area contributed by atoms with Crippen LogP contribution in [0.25, 0.3) is 16.9 Å². The molecule has 0 atom stereocenters. The van der Waals surface area contributed by atoms with Crippen LogP contribution in [-0.4, -0.2) is 36.4 Å². The first-order valence-corrected chi connectivity index (χ1v) is 9.53. The Morgan fingerprint density at radius 2 is 1.77 bits per heavy atom. The number of rotatable bonds is 5. The number of fused-ring (bicyclic) bond motifs is 1. The van der Waals surface area contributed by atoms with Crippen LogP contribution < -0.4 is 16.2 Å². The van der Waals surface area contributed by atoms with Gasteiger partial charge in [-0.2, -0.15) is 4.68 Å². The Hall–Kier alpha value is -4.05. The molecule has 2 amide bonds. The highest BCUT2D eigenvalue weighted by Crippen LogP contribution is 2.17. The molecule has 2 aromatic carbocycles. The zero-order valence-electron chi connectivity index (χ0n) is 16.2. The van der Waals surface area contributed by atoms with Crippen LogP contribution in [0.15, 0.2) is 59.7 Å². The number of carbonyl (C=O) groups excluding carboxylic acids is 2. The monoisotopic (exact) mass is 437 g/mol. The van der Waals surface area contributed by atoms with Gasteiger partial charge in [0.25, 0.3) is 5.56 Å². The molecule has 11 heteroatoms. The number of carbonyl (C=O) groups is 2. The molecule has 0 saturated carbocycles. The van der Waals surface area contributed by atoms with E-state index in [0.717, 1.165) is 4.57 Å². The van der Waals surface area contributed by atoms with E-state index in [1.165, 1.54) is 17.9 Å². The summed E-state index contributed by atoms with van der Waals surface area (Å²) in [7, 11) is 0. The van der Waals surface area contributed by atoms with Gasteiger partial charge in [0.1, 0.15) is 12.9 Å². The lowest BCUT2D eigenvalue weighted by molar-refractivity contribution is -0.117. The first kappa shape index (κ1) is 20.2. The van der Waals surface area contributed by atoms with Gasteiger partial charge in [-0.15, -0.1) is 5.10 Å². The van der Waals surface area contributed by atoms with E-state index in [9.17, 15) is 14.4 Å². The zero-order valence-corrected chi connectivity index (χ0v) is 17.0. The number of nitrogens with zero attached hydrogens (tertiary/aromatic N) is 5. The summed E-state index contributed by atoms with van der Waals surface area (Å²) in [5.74, 6) is -0.607. The maximum atomic E-state index is 12.7.